The predicted octanol–water partition coefficient (Wildman–Crippen LogP) is 3.87. The highest BCUT2D eigenvalue weighted by Crippen LogP contribution is 2.37. The van der Waals surface area contributed by atoms with E-state index in [9.17, 15) is 4.79 Å². The minimum Gasteiger partial charge on any atom is -0.396 e. The highest BCUT2D eigenvalue weighted by atomic mass is 16.7. The summed E-state index contributed by atoms with van der Waals surface area (Å²) in [5.74, 6) is 1.22. The summed E-state index contributed by atoms with van der Waals surface area (Å²) in [7, 11) is 0. The lowest BCUT2D eigenvalue weighted by Crippen LogP contribution is -2.35. The number of ether oxygens (including phenoxy) is 3. The van der Waals surface area contributed by atoms with E-state index in [1.165, 1.54) is 5.56 Å². The first-order valence-electron chi connectivity index (χ1n) is 10.7. The van der Waals surface area contributed by atoms with E-state index in [2.05, 4.69) is 12.1 Å². The molecule has 1 saturated heterocycles. The van der Waals surface area contributed by atoms with Gasteiger partial charge in [0.05, 0.1) is 19.8 Å². The summed E-state index contributed by atoms with van der Waals surface area (Å²) in [5.41, 5.74) is 1.22. The topological polar surface area (TPSA) is 65.0 Å². The molecule has 1 aromatic carbocycles. The van der Waals surface area contributed by atoms with Crippen LogP contribution in [0, 0.1) is 11.8 Å². The van der Waals surface area contributed by atoms with Gasteiger partial charge in [-0.25, -0.2) is 0 Å². The van der Waals surface area contributed by atoms with Crippen LogP contribution < -0.4 is 0 Å². The van der Waals surface area contributed by atoms with Gasteiger partial charge in [-0.05, 0) is 43.1 Å². The molecule has 1 spiro atoms. The molecule has 1 N–H and O–H groups in total. The van der Waals surface area contributed by atoms with E-state index in [0.717, 1.165) is 71.2 Å². The van der Waals surface area contributed by atoms with Crippen LogP contribution in [-0.4, -0.2) is 43.1 Å². The molecule has 1 heterocycles. The number of aliphatic hydroxyl groups excluding tert-OH is 1. The molecule has 1 aliphatic heterocycles. The number of benzene rings is 1. The van der Waals surface area contributed by atoms with E-state index in [-0.39, 0.29) is 5.79 Å². The third-order valence-electron chi connectivity index (χ3n) is 6.07. The molecule has 1 aromatic rings. The zero-order valence-corrected chi connectivity index (χ0v) is 16.8. The predicted molar refractivity (Wildman–Crippen MR) is 107 cm³/mol. The van der Waals surface area contributed by atoms with Crippen LogP contribution >= 0.6 is 0 Å². The average molecular weight is 391 g/mol. The molecule has 0 amide bonds. The first kappa shape index (κ1) is 21.4. The van der Waals surface area contributed by atoms with Gasteiger partial charge in [0, 0.05) is 38.9 Å². The van der Waals surface area contributed by atoms with E-state index in [1.807, 2.05) is 18.2 Å². The van der Waals surface area contributed by atoms with Crippen LogP contribution in [0.1, 0.15) is 56.9 Å². The van der Waals surface area contributed by atoms with Crippen molar-refractivity contribution in [2.45, 2.75) is 63.8 Å². The minimum absolute atomic E-state index is 0.258. The molecule has 0 aromatic heterocycles. The maximum Gasteiger partial charge on any atom is 0.168 e. The molecule has 4 rings (SSSR count). The Kier molecular flexibility index (Phi) is 8.46. The van der Waals surface area contributed by atoms with Crippen molar-refractivity contribution in [1.29, 1.82) is 0 Å². The lowest BCUT2D eigenvalue weighted by Gasteiger charge is -2.34. The average Bonchev–Trinajstić information content (AvgIpc) is 3.19. The van der Waals surface area contributed by atoms with Crippen LogP contribution in [0.5, 0.6) is 0 Å². The van der Waals surface area contributed by atoms with Gasteiger partial charge in [0.1, 0.15) is 5.78 Å². The fourth-order valence-electron chi connectivity index (χ4n) is 4.17. The molecule has 0 radical (unpaired) electrons. The van der Waals surface area contributed by atoms with Crippen LogP contribution in [0.2, 0.25) is 0 Å². The molecule has 2 saturated carbocycles. The van der Waals surface area contributed by atoms with E-state index < -0.39 is 0 Å². The van der Waals surface area contributed by atoms with Crippen LogP contribution in [0.15, 0.2) is 30.3 Å². The Bertz CT molecular complexity index is 562. The van der Waals surface area contributed by atoms with Crippen molar-refractivity contribution < 1.29 is 24.1 Å². The second-order valence-electron chi connectivity index (χ2n) is 8.22. The second-order valence-corrected chi connectivity index (χ2v) is 8.22. The first-order chi connectivity index (χ1) is 13.7. The minimum atomic E-state index is -0.258. The van der Waals surface area contributed by atoms with Gasteiger partial charge in [-0.1, -0.05) is 30.3 Å². The Morgan fingerprint density at radius 3 is 2.21 bits per heavy atom. The Labute approximate surface area is 168 Å². The van der Waals surface area contributed by atoms with Gasteiger partial charge in [-0.2, -0.15) is 0 Å². The van der Waals surface area contributed by atoms with E-state index >= 15 is 0 Å². The molecule has 156 valence electrons. The van der Waals surface area contributed by atoms with Gasteiger partial charge in [0.25, 0.3) is 0 Å². The number of carbonyl (C=O) groups is 1. The Balaban J connectivity index is 0.000000167. The number of ketones is 1. The highest BCUT2D eigenvalue weighted by molar-refractivity contribution is 5.79. The van der Waals surface area contributed by atoms with Crippen LogP contribution in [0.4, 0.5) is 0 Å². The normalized spacial score (nSPS) is 22.8. The SMILES string of the molecule is O=C1CCC(COCc2ccccc2)CC1.OCC1CCC2(CC1)OCCO2. The van der Waals surface area contributed by atoms with Gasteiger partial charge in [0.15, 0.2) is 5.79 Å². The molecule has 2 aliphatic carbocycles. The largest absolute Gasteiger partial charge is 0.396 e. The van der Waals surface area contributed by atoms with Crippen molar-refractivity contribution in [2.75, 3.05) is 26.4 Å². The smallest absolute Gasteiger partial charge is 0.168 e. The first-order valence-corrected chi connectivity index (χ1v) is 10.7. The number of rotatable bonds is 5. The van der Waals surface area contributed by atoms with Crippen LogP contribution in [0.25, 0.3) is 0 Å². The van der Waals surface area contributed by atoms with Crippen LogP contribution in [0.3, 0.4) is 0 Å². The molecule has 5 nitrogen and oxygen atoms in total. The second kappa shape index (κ2) is 11.1. The molecular weight excluding hydrogens is 356 g/mol. The quantitative estimate of drug-likeness (QED) is 0.827. The molecule has 5 heteroatoms. The maximum absolute atomic E-state index is 11.1. The zero-order chi connectivity index (χ0) is 19.7. The van der Waals surface area contributed by atoms with E-state index in [1.54, 1.807) is 0 Å². The Morgan fingerprint density at radius 2 is 1.61 bits per heavy atom. The monoisotopic (exact) mass is 390 g/mol. The van der Waals surface area contributed by atoms with Crippen molar-refractivity contribution in [2.24, 2.45) is 11.8 Å². The Morgan fingerprint density at radius 1 is 0.964 bits per heavy atom. The summed E-state index contributed by atoms with van der Waals surface area (Å²) in [4.78, 5) is 11.1. The van der Waals surface area contributed by atoms with E-state index in [4.69, 9.17) is 19.3 Å². The van der Waals surface area contributed by atoms with Gasteiger partial charge in [-0.3, -0.25) is 4.79 Å². The van der Waals surface area contributed by atoms with Gasteiger partial charge < -0.3 is 19.3 Å². The maximum atomic E-state index is 11.1. The molecule has 3 aliphatic rings. The summed E-state index contributed by atoms with van der Waals surface area (Å²) >= 11 is 0. The summed E-state index contributed by atoms with van der Waals surface area (Å²) in [6.07, 6.45) is 7.50. The summed E-state index contributed by atoms with van der Waals surface area (Å²) in [5, 5.41) is 8.94. The van der Waals surface area contributed by atoms with E-state index in [0.29, 0.717) is 30.8 Å². The third kappa shape index (κ3) is 6.66. The molecule has 0 bridgehead atoms. The number of aliphatic hydroxyl groups is 1. The van der Waals surface area contributed by atoms with Crippen LogP contribution in [-0.2, 0) is 25.6 Å². The zero-order valence-electron chi connectivity index (χ0n) is 16.8. The Hall–Kier alpha value is -1.27. The molecule has 0 unspecified atom stereocenters. The van der Waals surface area contributed by atoms with Crippen molar-refractivity contribution in [3.8, 4) is 0 Å². The summed E-state index contributed by atoms with van der Waals surface area (Å²) in [6, 6.07) is 10.2. The molecule has 28 heavy (non-hydrogen) atoms. The van der Waals surface area contributed by atoms with Crippen molar-refractivity contribution >= 4 is 5.78 Å². The summed E-state index contributed by atoms with van der Waals surface area (Å²) < 4.78 is 16.8. The third-order valence-corrected chi connectivity index (χ3v) is 6.07. The number of hydrogen-bond acceptors (Lipinski definition) is 5. The number of carbonyl (C=O) groups excluding carboxylic acids is 1. The highest BCUT2D eigenvalue weighted by Gasteiger charge is 2.39. The van der Waals surface area contributed by atoms with Crippen molar-refractivity contribution in [1.82, 2.24) is 0 Å². The number of hydrogen-bond donors (Lipinski definition) is 1. The van der Waals surface area contributed by atoms with Crippen molar-refractivity contribution in [3.05, 3.63) is 35.9 Å². The lowest BCUT2D eigenvalue weighted by molar-refractivity contribution is -0.183. The summed E-state index contributed by atoms with van der Waals surface area (Å²) in [6.45, 7) is 3.27. The van der Waals surface area contributed by atoms with Gasteiger partial charge in [0.2, 0.25) is 0 Å². The fourth-order valence-corrected chi connectivity index (χ4v) is 4.17. The molecule has 0 atom stereocenters. The number of Topliss-reactive ketones (excluding diaryl/α,β-unsaturated/α-hetero) is 1. The fraction of sp³-hybridized carbons (Fsp3) is 0.696. The molecule has 3 fully saturated rings. The lowest BCUT2D eigenvalue weighted by atomic mass is 9.86. The van der Waals surface area contributed by atoms with Gasteiger partial charge in [-0.15, -0.1) is 0 Å². The van der Waals surface area contributed by atoms with Crippen molar-refractivity contribution in [3.63, 3.8) is 0 Å². The molecular formula is C23H34O5. The van der Waals surface area contributed by atoms with Gasteiger partial charge >= 0.3 is 0 Å². The standard InChI is InChI=1S/C14H18O2.C9H16O3/c15-14-8-6-13(7-9-14)11-16-10-12-4-2-1-3-5-12;10-7-8-1-3-9(4-2-8)11-5-6-12-9/h1-5,13H,6-11H2;8,10H,1-7H2.